The zero-order valence-electron chi connectivity index (χ0n) is 9.60. The van der Waals surface area contributed by atoms with Crippen LogP contribution >= 0.6 is 0 Å². The Labute approximate surface area is 95.4 Å². The molecule has 1 atom stereocenters. The molecule has 1 aliphatic rings. The van der Waals surface area contributed by atoms with Crippen molar-refractivity contribution >= 4 is 17.3 Å². The van der Waals surface area contributed by atoms with Gasteiger partial charge >= 0.3 is 0 Å². The van der Waals surface area contributed by atoms with Gasteiger partial charge in [-0.3, -0.25) is 4.79 Å². The van der Waals surface area contributed by atoms with Crippen LogP contribution in [0.2, 0.25) is 0 Å². The molecule has 0 spiro atoms. The van der Waals surface area contributed by atoms with Crippen molar-refractivity contribution in [2.75, 3.05) is 10.7 Å². The summed E-state index contributed by atoms with van der Waals surface area (Å²) >= 11 is 0. The summed E-state index contributed by atoms with van der Waals surface area (Å²) in [7, 11) is 0. The summed E-state index contributed by atoms with van der Waals surface area (Å²) in [5.74, 6) is 0.510. The summed E-state index contributed by atoms with van der Waals surface area (Å²) in [5.41, 5.74) is 10.4. The second-order valence-corrected chi connectivity index (χ2v) is 4.47. The molecule has 0 bridgehead atoms. The van der Waals surface area contributed by atoms with Gasteiger partial charge in [0.1, 0.15) is 0 Å². The molecule has 1 fully saturated rings. The smallest absolute Gasteiger partial charge is 0.243 e. The van der Waals surface area contributed by atoms with Crippen molar-refractivity contribution in [2.45, 2.75) is 26.3 Å². The Bertz CT molecular complexity index is 403. The highest BCUT2D eigenvalue weighted by Gasteiger charge is 2.32. The van der Waals surface area contributed by atoms with Gasteiger partial charge in [-0.15, -0.1) is 0 Å². The van der Waals surface area contributed by atoms with Gasteiger partial charge < -0.3 is 5.73 Å². The summed E-state index contributed by atoms with van der Waals surface area (Å²) in [6.07, 6.45) is 0.534. The van der Waals surface area contributed by atoms with Crippen molar-refractivity contribution in [2.24, 2.45) is 5.92 Å². The number of nitrogens with zero attached hydrogens (tertiary/aromatic N) is 1. The average Bonchev–Trinajstić information content (AvgIpc) is 2.61. The highest BCUT2D eigenvalue weighted by molar-refractivity contribution is 5.97. The first-order valence-corrected chi connectivity index (χ1v) is 5.53. The number of anilines is 2. The minimum absolute atomic E-state index is 0.0802. The van der Waals surface area contributed by atoms with Gasteiger partial charge in [0, 0.05) is 12.5 Å². The van der Waals surface area contributed by atoms with E-state index in [2.05, 4.69) is 19.3 Å². The number of nitrogens with two attached hydrogens (primary N) is 1. The molecule has 1 aliphatic heterocycles. The number of carbonyl (C=O) groups excluding carboxylic acids is 1. The lowest BCUT2D eigenvalue weighted by molar-refractivity contribution is -0.117. The third kappa shape index (κ3) is 1.88. The van der Waals surface area contributed by atoms with Gasteiger partial charge in [-0.05, 0) is 18.1 Å². The number of benzene rings is 1. The van der Waals surface area contributed by atoms with E-state index < -0.39 is 0 Å². The number of hydrogen-bond donors (Lipinski definition) is 2. The molecule has 16 heavy (non-hydrogen) atoms. The molecule has 1 saturated heterocycles. The maximum absolute atomic E-state index is 11.8. The minimum atomic E-state index is 0.0802. The molecule has 0 saturated carbocycles. The van der Waals surface area contributed by atoms with Gasteiger partial charge in [-0.25, -0.2) is 10.4 Å². The normalized spacial score (nSPS) is 20.8. The lowest BCUT2D eigenvalue weighted by atomic mass is 10.0. The van der Waals surface area contributed by atoms with Crippen LogP contribution in [0.5, 0.6) is 0 Å². The predicted octanol–water partition coefficient (Wildman–Crippen LogP) is 1.53. The number of nitrogen functional groups attached to an aromatic ring is 1. The lowest BCUT2D eigenvalue weighted by Crippen LogP contribution is -2.39. The molecular formula is C12H17N3O. The second-order valence-electron chi connectivity index (χ2n) is 4.47. The average molecular weight is 219 g/mol. The van der Waals surface area contributed by atoms with Crippen molar-refractivity contribution < 1.29 is 4.79 Å². The van der Waals surface area contributed by atoms with Crippen LogP contribution in [-0.2, 0) is 4.79 Å². The quantitative estimate of drug-likeness (QED) is 0.742. The topological polar surface area (TPSA) is 58.4 Å². The Morgan fingerprint density at radius 1 is 1.44 bits per heavy atom. The molecule has 1 unspecified atom stereocenters. The molecule has 0 radical (unpaired) electrons. The first kappa shape index (κ1) is 11.0. The first-order valence-electron chi connectivity index (χ1n) is 5.53. The van der Waals surface area contributed by atoms with E-state index in [4.69, 9.17) is 5.73 Å². The van der Waals surface area contributed by atoms with Gasteiger partial charge in [0.25, 0.3) is 0 Å². The summed E-state index contributed by atoms with van der Waals surface area (Å²) < 4.78 is 0. The predicted molar refractivity (Wildman–Crippen MR) is 64.7 cm³/mol. The summed E-state index contributed by atoms with van der Waals surface area (Å²) in [6, 6.07) is 7.59. The zero-order valence-corrected chi connectivity index (χ0v) is 9.60. The highest BCUT2D eigenvalue weighted by atomic mass is 16.2. The molecule has 4 heteroatoms. The number of hydrazine groups is 1. The fourth-order valence-corrected chi connectivity index (χ4v) is 1.84. The van der Waals surface area contributed by atoms with Crippen LogP contribution in [0.25, 0.3) is 0 Å². The van der Waals surface area contributed by atoms with Gasteiger partial charge in [0.15, 0.2) is 0 Å². The van der Waals surface area contributed by atoms with E-state index in [0.29, 0.717) is 18.0 Å². The maximum atomic E-state index is 11.8. The van der Waals surface area contributed by atoms with E-state index >= 15 is 0 Å². The largest absolute Gasteiger partial charge is 0.397 e. The molecule has 1 aromatic rings. The molecule has 86 valence electrons. The first-order chi connectivity index (χ1) is 7.59. The molecule has 0 aliphatic carbocycles. The van der Waals surface area contributed by atoms with Crippen LogP contribution < -0.4 is 16.2 Å². The van der Waals surface area contributed by atoms with E-state index in [9.17, 15) is 4.79 Å². The molecule has 1 amide bonds. The lowest BCUT2D eigenvalue weighted by Gasteiger charge is -2.21. The van der Waals surface area contributed by atoms with Crippen LogP contribution in [0.3, 0.4) is 0 Å². The van der Waals surface area contributed by atoms with Crippen molar-refractivity contribution in [1.29, 1.82) is 0 Å². The second kappa shape index (κ2) is 4.14. The van der Waals surface area contributed by atoms with Gasteiger partial charge in [0.2, 0.25) is 5.91 Å². The van der Waals surface area contributed by atoms with E-state index in [1.165, 1.54) is 0 Å². The van der Waals surface area contributed by atoms with Crippen LogP contribution in [-0.4, -0.2) is 11.9 Å². The van der Waals surface area contributed by atoms with Gasteiger partial charge in [0.05, 0.1) is 11.4 Å². The summed E-state index contributed by atoms with van der Waals surface area (Å²) in [6.45, 7) is 4.20. The van der Waals surface area contributed by atoms with E-state index in [1.54, 1.807) is 11.1 Å². The van der Waals surface area contributed by atoms with E-state index in [-0.39, 0.29) is 11.9 Å². The fourth-order valence-electron chi connectivity index (χ4n) is 1.84. The van der Waals surface area contributed by atoms with Crippen LogP contribution in [0.4, 0.5) is 11.4 Å². The molecular weight excluding hydrogens is 202 g/mol. The zero-order chi connectivity index (χ0) is 11.7. The standard InChI is InChI=1S/C12H17N3O/c1-8(2)10-7-12(16)15(14-10)11-6-4-3-5-9(11)13/h3-6,8,10,14H,7,13H2,1-2H3. The summed E-state index contributed by atoms with van der Waals surface area (Å²) in [5, 5.41) is 1.57. The third-order valence-corrected chi connectivity index (χ3v) is 2.92. The van der Waals surface area contributed by atoms with Gasteiger partial charge in [-0.2, -0.15) is 0 Å². The van der Waals surface area contributed by atoms with Crippen molar-refractivity contribution in [1.82, 2.24) is 5.43 Å². The number of amides is 1. The fraction of sp³-hybridized carbons (Fsp3) is 0.417. The Morgan fingerprint density at radius 3 is 2.69 bits per heavy atom. The van der Waals surface area contributed by atoms with Crippen LogP contribution in [0.1, 0.15) is 20.3 Å². The molecule has 3 N–H and O–H groups in total. The Hall–Kier alpha value is -1.55. The van der Waals surface area contributed by atoms with Gasteiger partial charge in [-0.1, -0.05) is 26.0 Å². The number of hydrogen-bond acceptors (Lipinski definition) is 3. The van der Waals surface area contributed by atoms with Crippen LogP contribution in [0.15, 0.2) is 24.3 Å². The van der Waals surface area contributed by atoms with Crippen molar-refractivity contribution in [3.8, 4) is 0 Å². The Balaban J connectivity index is 2.24. The minimum Gasteiger partial charge on any atom is -0.397 e. The van der Waals surface area contributed by atoms with Crippen molar-refractivity contribution in [3.05, 3.63) is 24.3 Å². The highest BCUT2D eigenvalue weighted by Crippen LogP contribution is 2.26. The molecule has 1 aromatic carbocycles. The Morgan fingerprint density at radius 2 is 2.12 bits per heavy atom. The number of rotatable bonds is 2. The molecule has 4 nitrogen and oxygen atoms in total. The third-order valence-electron chi connectivity index (χ3n) is 2.92. The van der Waals surface area contributed by atoms with E-state index in [0.717, 1.165) is 5.69 Å². The Kier molecular flexibility index (Phi) is 2.83. The monoisotopic (exact) mass is 219 g/mol. The van der Waals surface area contributed by atoms with Crippen molar-refractivity contribution in [3.63, 3.8) is 0 Å². The number of para-hydroxylation sites is 2. The summed E-state index contributed by atoms with van der Waals surface area (Å²) in [4.78, 5) is 11.8. The van der Waals surface area contributed by atoms with E-state index in [1.807, 2.05) is 18.2 Å². The molecule has 2 rings (SSSR count). The number of nitrogens with one attached hydrogen (secondary N) is 1. The van der Waals surface area contributed by atoms with Crippen LogP contribution in [0, 0.1) is 5.92 Å². The number of carbonyl (C=O) groups is 1. The molecule has 1 heterocycles. The SMILES string of the molecule is CC(C)C1CC(=O)N(c2ccccc2N)N1. The molecule has 0 aromatic heterocycles. The maximum Gasteiger partial charge on any atom is 0.243 e.